The number of para-hydroxylation sites is 1. The molecule has 0 N–H and O–H groups in total. The number of rotatable bonds is 7. The minimum atomic E-state index is -0.411. The maximum Gasteiger partial charge on any atom is 0.290 e. The molecule has 1 amide bonds. The van der Waals surface area contributed by atoms with E-state index < -0.39 is 6.04 Å². The second-order valence-corrected chi connectivity index (χ2v) is 7.86. The van der Waals surface area contributed by atoms with Crippen LogP contribution >= 0.6 is 0 Å². The van der Waals surface area contributed by atoms with Crippen LogP contribution in [0.15, 0.2) is 57.7 Å². The van der Waals surface area contributed by atoms with Gasteiger partial charge in [-0.3, -0.25) is 9.59 Å². The molecule has 4 rings (SSSR count). The molecule has 1 aliphatic heterocycles. The molecule has 1 aliphatic rings. The molecule has 0 bridgehead atoms. The van der Waals surface area contributed by atoms with Crippen molar-refractivity contribution in [2.24, 2.45) is 0 Å². The average Bonchev–Trinajstić information content (AvgIpc) is 3.04. The smallest absolute Gasteiger partial charge is 0.290 e. The van der Waals surface area contributed by atoms with Gasteiger partial charge in [-0.15, -0.1) is 0 Å². The van der Waals surface area contributed by atoms with Crippen molar-refractivity contribution < 1.29 is 9.21 Å². The predicted molar refractivity (Wildman–Crippen MR) is 119 cm³/mol. The third kappa shape index (κ3) is 3.54. The van der Waals surface area contributed by atoms with E-state index in [0.717, 1.165) is 37.2 Å². The highest BCUT2D eigenvalue weighted by Crippen LogP contribution is 2.38. The Hall–Kier alpha value is -2.92. The number of fused-ring (bicyclic) bond motifs is 2. The number of hydrogen-bond donors (Lipinski definition) is 0. The predicted octanol–water partition coefficient (Wildman–Crippen LogP) is 4.38. The zero-order valence-electron chi connectivity index (χ0n) is 17.9. The Balaban J connectivity index is 1.78. The maximum absolute atomic E-state index is 13.4. The fourth-order valence-corrected chi connectivity index (χ4v) is 4.30. The topological polar surface area (TPSA) is 53.8 Å². The van der Waals surface area contributed by atoms with Crippen LogP contribution < -0.4 is 5.43 Å². The molecule has 5 heteroatoms. The first kappa shape index (κ1) is 20.4. The van der Waals surface area contributed by atoms with Crippen LogP contribution in [-0.4, -0.2) is 41.9 Å². The monoisotopic (exact) mass is 404 g/mol. The fraction of sp³-hybridized carbons (Fsp3) is 0.360. The molecule has 0 unspecified atom stereocenters. The molecule has 2 heterocycles. The molecule has 0 aliphatic carbocycles. The SMILES string of the molecule is CCN(CC)CCCN1C(=O)c2oc3ccccc3c(=O)c2[C@@H]1c1ccc(C)cc1. The first-order valence-corrected chi connectivity index (χ1v) is 10.7. The normalized spacial score (nSPS) is 15.9. The second-order valence-electron chi connectivity index (χ2n) is 7.86. The van der Waals surface area contributed by atoms with Crippen molar-refractivity contribution >= 4 is 16.9 Å². The summed E-state index contributed by atoms with van der Waals surface area (Å²) >= 11 is 0. The third-order valence-electron chi connectivity index (χ3n) is 6.03. The van der Waals surface area contributed by atoms with Crippen LogP contribution in [0.25, 0.3) is 11.0 Å². The molecule has 0 fully saturated rings. The van der Waals surface area contributed by atoms with E-state index in [9.17, 15) is 9.59 Å². The molecule has 5 nitrogen and oxygen atoms in total. The molecule has 3 aromatic rings. The fourth-order valence-electron chi connectivity index (χ4n) is 4.30. The zero-order valence-corrected chi connectivity index (χ0v) is 17.9. The highest BCUT2D eigenvalue weighted by Gasteiger charge is 2.42. The number of nitrogens with zero attached hydrogens (tertiary/aromatic N) is 2. The Morgan fingerprint density at radius 1 is 1.00 bits per heavy atom. The largest absolute Gasteiger partial charge is 0.450 e. The van der Waals surface area contributed by atoms with Gasteiger partial charge in [0.1, 0.15) is 5.58 Å². The van der Waals surface area contributed by atoms with E-state index in [4.69, 9.17) is 4.42 Å². The number of benzene rings is 2. The summed E-state index contributed by atoms with van der Waals surface area (Å²) in [5.41, 5.74) is 2.89. The Morgan fingerprint density at radius 2 is 1.70 bits per heavy atom. The van der Waals surface area contributed by atoms with Gasteiger partial charge in [-0.25, -0.2) is 0 Å². The minimum Gasteiger partial charge on any atom is -0.450 e. The van der Waals surface area contributed by atoms with E-state index in [-0.39, 0.29) is 17.1 Å². The van der Waals surface area contributed by atoms with Crippen LogP contribution in [0, 0.1) is 6.92 Å². The molecular formula is C25H28N2O3. The molecular weight excluding hydrogens is 376 g/mol. The third-order valence-corrected chi connectivity index (χ3v) is 6.03. The summed E-state index contributed by atoms with van der Waals surface area (Å²) in [5.74, 6) is -0.00918. The van der Waals surface area contributed by atoms with Crippen molar-refractivity contribution in [1.29, 1.82) is 0 Å². The van der Waals surface area contributed by atoms with E-state index in [0.29, 0.717) is 23.1 Å². The van der Waals surface area contributed by atoms with Crippen LogP contribution in [0.3, 0.4) is 0 Å². The zero-order chi connectivity index (χ0) is 21.3. The van der Waals surface area contributed by atoms with Gasteiger partial charge in [0.05, 0.1) is 17.0 Å². The summed E-state index contributed by atoms with van der Waals surface area (Å²) < 4.78 is 5.97. The molecule has 156 valence electrons. The van der Waals surface area contributed by atoms with Crippen molar-refractivity contribution in [3.8, 4) is 0 Å². The molecule has 30 heavy (non-hydrogen) atoms. The number of hydrogen-bond acceptors (Lipinski definition) is 4. The van der Waals surface area contributed by atoms with Crippen molar-refractivity contribution in [2.45, 2.75) is 33.2 Å². The van der Waals surface area contributed by atoms with Gasteiger partial charge in [0.25, 0.3) is 5.91 Å². The first-order valence-electron chi connectivity index (χ1n) is 10.7. The van der Waals surface area contributed by atoms with Crippen molar-refractivity contribution in [3.63, 3.8) is 0 Å². The van der Waals surface area contributed by atoms with E-state index >= 15 is 0 Å². The van der Waals surface area contributed by atoms with Gasteiger partial charge >= 0.3 is 0 Å². The molecule has 0 saturated heterocycles. The molecule has 0 radical (unpaired) electrons. The summed E-state index contributed by atoms with van der Waals surface area (Å²) in [4.78, 5) is 30.9. The van der Waals surface area contributed by atoms with Gasteiger partial charge in [-0.1, -0.05) is 55.8 Å². The summed E-state index contributed by atoms with van der Waals surface area (Å²) in [6.07, 6.45) is 0.845. The van der Waals surface area contributed by atoms with E-state index in [1.807, 2.05) is 48.2 Å². The lowest BCUT2D eigenvalue weighted by atomic mass is 9.97. The van der Waals surface area contributed by atoms with Crippen LogP contribution in [-0.2, 0) is 0 Å². The standard InChI is InChI=1S/C25H28N2O3/c1-4-26(5-2)15-8-16-27-22(18-13-11-17(3)12-14-18)21-23(28)19-9-6-7-10-20(19)30-24(21)25(27)29/h6-7,9-14,22H,4-5,8,15-16H2,1-3H3/t22-/m0/s1. The van der Waals surface area contributed by atoms with E-state index in [1.165, 1.54) is 0 Å². The van der Waals surface area contributed by atoms with E-state index in [2.05, 4.69) is 18.7 Å². The first-order chi connectivity index (χ1) is 14.5. The van der Waals surface area contributed by atoms with Crippen LogP contribution in [0.1, 0.15) is 53.6 Å². The molecule has 1 atom stereocenters. The lowest BCUT2D eigenvalue weighted by Crippen LogP contribution is -2.33. The molecule has 0 saturated carbocycles. The minimum absolute atomic E-state index is 0.114. The number of amides is 1. The quantitative estimate of drug-likeness (QED) is 0.586. The van der Waals surface area contributed by atoms with Crippen molar-refractivity contribution in [1.82, 2.24) is 9.80 Å². The van der Waals surface area contributed by atoms with Gasteiger partial charge in [-0.05, 0) is 50.7 Å². The van der Waals surface area contributed by atoms with Gasteiger partial charge in [0, 0.05) is 6.54 Å². The average molecular weight is 405 g/mol. The summed E-state index contributed by atoms with van der Waals surface area (Å²) in [6.45, 7) is 9.77. The number of aryl methyl sites for hydroxylation is 1. The second kappa shape index (κ2) is 8.44. The Labute approximate surface area is 176 Å². The lowest BCUT2D eigenvalue weighted by Gasteiger charge is -2.26. The Kier molecular flexibility index (Phi) is 5.73. The Bertz CT molecular complexity index is 1110. The van der Waals surface area contributed by atoms with Crippen LogP contribution in [0.2, 0.25) is 0 Å². The van der Waals surface area contributed by atoms with E-state index in [1.54, 1.807) is 12.1 Å². The molecule has 1 aromatic heterocycles. The van der Waals surface area contributed by atoms with Gasteiger partial charge in [0.15, 0.2) is 5.43 Å². The highest BCUT2D eigenvalue weighted by atomic mass is 16.3. The summed E-state index contributed by atoms with van der Waals surface area (Å²) in [7, 11) is 0. The van der Waals surface area contributed by atoms with Crippen molar-refractivity contribution in [2.75, 3.05) is 26.2 Å². The molecule has 2 aromatic carbocycles. The number of carbonyl (C=O) groups excluding carboxylic acids is 1. The number of carbonyl (C=O) groups is 1. The van der Waals surface area contributed by atoms with Crippen molar-refractivity contribution in [3.05, 3.63) is 81.2 Å². The highest BCUT2D eigenvalue weighted by molar-refractivity contribution is 5.99. The lowest BCUT2D eigenvalue weighted by molar-refractivity contribution is 0.0720. The summed E-state index contributed by atoms with van der Waals surface area (Å²) in [5, 5.41) is 0.520. The van der Waals surface area contributed by atoms with Crippen LogP contribution in [0.5, 0.6) is 0 Å². The van der Waals surface area contributed by atoms with Gasteiger partial charge in [-0.2, -0.15) is 0 Å². The Morgan fingerprint density at radius 3 is 2.40 bits per heavy atom. The van der Waals surface area contributed by atoms with Gasteiger partial charge < -0.3 is 14.2 Å². The van der Waals surface area contributed by atoms with Crippen LogP contribution in [0.4, 0.5) is 0 Å². The molecule has 0 spiro atoms. The maximum atomic E-state index is 13.4. The summed E-state index contributed by atoms with van der Waals surface area (Å²) in [6, 6.07) is 14.8. The van der Waals surface area contributed by atoms with Gasteiger partial charge in [0.2, 0.25) is 5.76 Å².